The molecule has 0 aliphatic carbocycles. The largest absolute Gasteiger partial charge is 0.502 e. The van der Waals surface area contributed by atoms with Gasteiger partial charge in [-0.05, 0) is 30.3 Å². The van der Waals surface area contributed by atoms with E-state index in [0.717, 1.165) is 0 Å². The number of nitrogens with two attached hydrogens (primary N) is 1. The van der Waals surface area contributed by atoms with E-state index in [1.54, 1.807) is 24.3 Å². The Morgan fingerprint density at radius 2 is 1.64 bits per heavy atom. The second-order valence-electron chi connectivity index (χ2n) is 5.28. The molecule has 130 valence electrons. The van der Waals surface area contributed by atoms with Gasteiger partial charge in [-0.15, -0.1) is 0 Å². The second-order valence-corrected chi connectivity index (χ2v) is 5.28. The van der Waals surface area contributed by atoms with Crippen LogP contribution in [0.15, 0.2) is 39.5 Å². The molecule has 0 unspecified atom stereocenters. The number of anilines is 1. The third kappa shape index (κ3) is 2.69. The molecule has 0 atom stereocenters. The normalized spacial score (nSPS) is 10.7. The van der Waals surface area contributed by atoms with Crippen LogP contribution in [0.4, 0.5) is 5.69 Å². The Morgan fingerprint density at radius 1 is 1.00 bits per heavy atom. The molecule has 0 aliphatic heterocycles. The molecule has 0 saturated carbocycles. The lowest BCUT2D eigenvalue weighted by atomic mass is 10.1. The molecule has 3 aromatic rings. The van der Waals surface area contributed by atoms with Crippen LogP contribution in [-0.2, 0) is 0 Å². The maximum Gasteiger partial charge on any atom is 0.235 e. The summed E-state index contributed by atoms with van der Waals surface area (Å²) in [5.41, 5.74) is 6.23. The predicted octanol–water partition coefficient (Wildman–Crippen LogP) is 2.77. The number of fused-ring (bicyclic) bond motifs is 1. The van der Waals surface area contributed by atoms with E-state index in [-0.39, 0.29) is 11.1 Å². The van der Waals surface area contributed by atoms with E-state index in [0.29, 0.717) is 34.1 Å². The minimum absolute atomic E-state index is 0.00141. The number of benzene rings is 2. The molecule has 0 spiro atoms. The van der Waals surface area contributed by atoms with Crippen molar-refractivity contribution in [3.63, 3.8) is 0 Å². The van der Waals surface area contributed by atoms with E-state index in [9.17, 15) is 9.90 Å². The fourth-order valence-electron chi connectivity index (χ4n) is 2.61. The molecule has 2 aromatic carbocycles. The summed E-state index contributed by atoms with van der Waals surface area (Å²) in [6, 6.07) is 7.82. The van der Waals surface area contributed by atoms with Gasteiger partial charge in [0, 0.05) is 11.3 Å². The summed E-state index contributed by atoms with van der Waals surface area (Å²) in [5.74, 6) is 0.616. The quantitative estimate of drug-likeness (QED) is 0.702. The van der Waals surface area contributed by atoms with Gasteiger partial charge in [0.2, 0.25) is 16.9 Å². The van der Waals surface area contributed by atoms with Crippen LogP contribution in [0, 0.1) is 0 Å². The molecular formula is C18H17NO6. The lowest BCUT2D eigenvalue weighted by Gasteiger charge is -2.14. The van der Waals surface area contributed by atoms with E-state index >= 15 is 0 Å². The van der Waals surface area contributed by atoms with E-state index in [4.69, 9.17) is 24.4 Å². The Labute approximate surface area is 143 Å². The fourth-order valence-corrected chi connectivity index (χ4v) is 2.61. The van der Waals surface area contributed by atoms with Gasteiger partial charge in [0.25, 0.3) is 0 Å². The molecule has 7 nitrogen and oxygen atoms in total. The Bertz CT molecular complexity index is 983. The number of rotatable bonds is 4. The van der Waals surface area contributed by atoms with E-state index in [1.165, 1.54) is 27.4 Å². The van der Waals surface area contributed by atoms with Crippen molar-refractivity contribution >= 4 is 16.7 Å². The van der Waals surface area contributed by atoms with E-state index < -0.39 is 11.2 Å². The van der Waals surface area contributed by atoms with Crippen molar-refractivity contribution in [3.05, 3.63) is 40.6 Å². The molecule has 0 amide bonds. The van der Waals surface area contributed by atoms with Crippen molar-refractivity contribution in [1.82, 2.24) is 0 Å². The van der Waals surface area contributed by atoms with Gasteiger partial charge in [-0.25, -0.2) is 0 Å². The summed E-state index contributed by atoms with van der Waals surface area (Å²) in [4.78, 5) is 12.5. The number of nitrogen functional groups attached to an aromatic ring is 1. The van der Waals surface area contributed by atoms with Crippen LogP contribution in [0.2, 0.25) is 0 Å². The highest BCUT2D eigenvalue weighted by Gasteiger charge is 2.20. The molecule has 0 fully saturated rings. The number of hydrogen-bond donors (Lipinski definition) is 2. The SMILES string of the molecule is COc1cc(-c2oc3ccc(N)cc3c(=O)c2O)cc(OC)c1OC. The third-order valence-corrected chi connectivity index (χ3v) is 3.82. The highest BCUT2D eigenvalue weighted by atomic mass is 16.5. The van der Waals surface area contributed by atoms with Crippen molar-refractivity contribution in [1.29, 1.82) is 0 Å². The van der Waals surface area contributed by atoms with Crippen molar-refractivity contribution in [3.8, 4) is 34.3 Å². The van der Waals surface area contributed by atoms with Crippen LogP contribution in [0.3, 0.4) is 0 Å². The predicted molar refractivity (Wildman–Crippen MR) is 93.7 cm³/mol. The standard InChI is InChI=1S/C18H17NO6/c1-22-13-6-9(7-14(23-2)18(13)24-3)17-16(21)15(20)11-8-10(19)4-5-12(11)25-17/h4-8,21H,19H2,1-3H3. The molecule has 0 aliphatic rings. The van der Waals surface area contributed by atoms with Crippen LogP contribution in [0.1, 0.15) is 0 Å². The van der Waals surface area contributed by atoms with Gasteiger partial charge in [0.15, 0.2) is 17.3 Å². The molecule has 0 radical (unpaired) electrons. The second kappa shape index (κ2) is 6.27. The molecule has 3 rings (SSSR count). The average Bonchev–Trinajstić information content (AvgIpc) is 2.63. The van der Waals surface area contributed by atoms with Crippen LogP contribution in [0.5, 0.6) is 23.0 Å². The topological polar surface area (TPSA) is 104 Å². The van der Waals surface area contributed by atoms with Gasteiger partial charge < -0.3 is 29.5 Å². The first-order valence-corrected chi connectivity index (χ1v) is 7.35. The summed E-state index contributed by atoms with van der Waals surface area (Å²) < 4.78 is 21.6. The maximum absolute atomic E-state index is 12.5. The number of methoxy groups -OCH3 is 3. The van der Waals surface area contributed by atoms with Crippen LogP contribution < -0.4 is 25.4 Å². The van der Waals surface area contributed by atoms with Crippen molar-refractivity contribution in [2.24, 2.45) is 0 Å². The summed E-state index contributed by atoms with van der Waals surface area (Å²) in [5, 5.41) is 10.5. The molecule has 1 heterocycles. The zero-order valence-corrected chi connectivity index (χ0v) is 14.0. The molecule has 7 heteroatoms. The lowest BCUT2D eigenvalue weighted by molar-refractivity contribution is 0.324. The number of hydrogen-bond acceptors (Lipinski definition) is 7. The maximum atomic E-state index is 12.5. The van der Waals surface area contributed by atoms with Gasteiger partial charge in [-0.1, -0.05) is 0 Å². The Kier molecular flexibility index (Phi) is 4.14. The van der Waals surface area contributed by atoms with Crippen molar-refractivity contribution in [2.75, 3.05) is 27.1 Å². The first kappa shape index (κ1) is 16.5. The van der Waals surface area contributed by atoms with Gasteiger partial charge in [0.1, 0.15) is 5.58 Å². The summed E-state index contributed by atoms with van der Waals surface area (Å²) >= 11 is 0. The highest BCUT2D eigenvalue weighted by Crippen LogP contribution is 2.43. The monoisotopic (exact) mass is 343 g/mol. The van der Waals surface area contributed by atoms with Gasteiger partial charge in [0.05, 0.1) is 26.7 Å². The molecule has 25 heavy (non-hydrogen) atoms. The smallest absolute Gasteiger partial charge is 0.235 e. The van der Waals surface area contributed by atoms with Gasteiger partial charge in [-0.3, -0.25) is 4.79 Å². The molecule has 1 aromatic heterocycles. The summed E-state index contributed by atoms with van der Waals surface area (Å²) in [7, 11) is 4.43. The van der Waals surface area contributed by atoms with Crippen molar-refractivity contribution < 1.29 is 23.7 Å². The number of ether oxygens (including phenoxy) is 3. The minimum atomic E-state index is -0.572. The Hall–Kier alpha value is -3.35. The molecular weight excluding hydrogens is 326 g/mol. The summed E-state index contributed by atoms with van der Waals surface area (Å²) in [6.45, 7) is 0. The molecule has 0 saturated heterocycles. The Morgan fingerprint density at radius 3 is 2.20 bits per heavy atom. The Balaban J connectivity index is 2.31. The van der Waals surface area contributed by atoms with E-state index in [1.807, 2.05) is 0 Å². The zero-order chi connectivity index (χ0) is 18.1. The van der Waals surface area contributed by atoms with Crippen molar-refractivity contribution in [2.45, 2.75) is 0 Å². The fraction of sp³-hybridized carbons (Fsp3) is 0.167. The van der Waals surface area contributed by atoms with Crippen LogP contribution in [0.25, 0.3) is 22.3 Å². The highest BCUT2D eigenvalue weighted by molar-refractivity contribution is 5.85. The first-order chi connectivity index (χ1) is 12.0. The zero-order valence-electron chi connectivity index (χ0n) is 14.0. The minimum Gasteiger partial charge on any atom is -0.502 e. The molecule has 0 bridgehead atoms. The summed E-state index contributed by atoms with van der Waals surface area (Å²) in [6.07, 6.45) is 0. The molecule has 3 N–H and O–H groups in total. The van der Waals surface area contributed by atoms with Crippen LogP contribution in [-0.4, -0.2) is 26.4 Å². The average molecular weight is 343 g/mol. The lowest BCUT2D eigenvalue weighted by Crippen LogP contribution is -2.03. The first-order valence-electron chi connectivity index (χ1n) is 7.35. The number of aromatic hydroxyl groups is 1. The van der Waals surface area contributed by atoms with Crippen LogP contribution >= 0.6 is 0 Å². The third-order valence-electron chi connectivity index (χ3n) is 3.82. The van der Waals surface area contributed by atoms with E-state index in [2.05, 4.69) is 0 Å². The van der Waals surface area contributed by atoms with Gasteiger partial charge >= 0.3 is 0 Å². The van der Waals surface area contributed by atoms with Gasteiger partial charge in [-0.2, -0.15) is 0 Å².